The number of nitrogens with zero attached hydrogens (tertiary/aromatic N) is 4. The minimum absolute atomic E-state index is 0.667. The Morgan fingerprint density at radius 3 is 2.75 bits per heavy atom. The maximum absolute atomic E-state index is 6.08. The van der Waals surface area contributed by atoms with Crippen LogP contribution in [-0.4, -0.2) is 40.3 Å². The fourth-order valence-electron chi connectivity index (χ4n) is 2.83. The summed E-state index contributed by atoms with van der Waals surface area (Å²) >= 11 is 6.08. The van der Waals surface area contributed by atoms with Crippen LogP contribution in [0.4, 0.5) is 17.2 Å². The Bertz CT molecular complexity index is 1150. The van der Waals surface area contributed by atoms with Crippen molar-refractivity contribution in [3.8, 4) is 11.3 Å². The first kappa shape index (κ1) is 18.0. The minimum Gasteiger partial charge on any atom is -0.369 e. The highest BCUT2D eigenvalue weighted by molar-refractivity contribution is 6.30. The second-order valence-electron chi connectivity index (χ2n) is 6.56. The van der Waals surface area contributed by atoms with E-state index in [1.54, 1.807) is 6.34 Å². The third-order valence-corrected chi connectivity index (χ3v) is 4.34. The van der Waals surface area contributed by atoms with Crippen LogP contribution in [0.2, 0.25) is 5.02 Å². The Labute approximate surface area is 167 Å². The average molecular weight is 391 g/mol. The zero-order valence-electron chi connectivity index (χ0n) is 15.5. The third kappa shape index (κ3) is 3.97. The van der Waals surface area contributed by atoms with E-state index in [1.807, 2.05) is 73.6 Å². The minimum atomic E-state index is 0.667. The highest BCUT2D eigenvalue weighted by Crippen LogP contribution is 2.30. The predicted octanol–water partition coefficient (Wildman–Crippen LogP) is 5.24. The van der Waals surface area contributed by atoms with Gasteiger partial charge in [0.25, 0.3) is 0 Å². The Morgan fingerprint density at radius 2 is 1.93 bits per heavy atom. The number of benzene rings is 2. The molecule has 0 saturated heterocycles. The molecule has 140 valence electrons. The van der Waals surface area contributed by atoms with Crippen molar-refractivity contribution in [1.82, 2.24) is 19.9 Å². The van der Waals surface area contributed by atoms with Gasteiger partial charge in [-0.3, -0.25) is 0 Å². The van der Waals surface area contributed by atoms with E-state index in [0.29, 0.717) is 5.02 Å². The average Bonchev–Trinajstić information content (AvgIpc) is 3.12. The zero-order valence-corrected chi connectivity index (χ0v) is 16.3. The van der Waals surface area contributed by atoms with Crippen molar-refractivity contribution in [2.24, 2.45) is 4.99 Å². The largest absolute Gasteiger partial charge is 0.369 e. The number of nitrogens with one attached hydrogen (secondary N) is 2. The van der Waals surface area contributed by atoms with E-state index < -0.39 is 0 Å². The quantitative estimate of drug-likeness (QED) is 0.361. The smallest absolute Gasteiger partial charge is 0.143 e. The van der Waals surface area contributed by atoms with Gasteiger partial charge in [-0.15, -0.1) is 0 Å². The van der Waals surface area contributed by atoms with Gasteiger partial charge < -0.3 is 15.2 Å². The summed E-state index contributed by atoms with van der Waals surface area (Å²) in [6.45, 7) is 0. The lowest BCUT2D eigenvalue weighted by Crippen LogP contribution is -2.06. The molecule has 0 saturated carbocycles. The van der Waals surface area contributed by atoms with Crippen molar-refractivity contribution in [2.75, 3.05) is 19.4 Å². The first-order chi connectivity index (χ1) is 13.6. The molecule has 28 heavy (non-hydrogen) atoms. The SMILES string of the molecule is CN(C)/C=N/c1cccc(-c2cc3c(Nc4cccc(Cl)c4)ncnc3[nH]2)c1. The fourth-order valence-corrected chi connectivity index (χ4v) is 3.02. The summed E-state index contributed by atoms with van der Waals surface area (Å²) in [5.74, 6) is 0.719. The number of aliphatic imine (C=N–C) groups is 1. The molecule has 0 spiro atoms. The van der Waals surface area contributed by atoms with Gasteiger partial charge in [0, 0.05) is 36.1 Å². The molecule has 7 heteroatoms. The molecule has 4 rings (SSSR count). The second kappa shape index (κ2) is 7.70. The number of hydrogen-bond donors (Lipinski definition) is 2. The van der Waals surface area contributed by atoms with Gasteiger partial charge in [-0.25, -0.2) is 15.0 Å². The summed E-state index contributed by atoms with van der Waals surface area (Å²) in [7, 11) is 3.89. The number of aromatic amines is 1. The van der Waals surface area contributed by atoms with E-state index in [0.717, 1.165) is 39.5 Å². The number of rotatable bonds is 5. The molecular formula is C21H19ClN6. The number of H-pyrrole nitrogens is 1. The second-order valence-corrected chi connectivity index (χ2v) is 7.00. The molecule has 2 N–H and O–H groups in total. The van der Waals surface area contributed by atoms with Crippen LogP contribution in [0, 0.1) is 0 Å². The molecule has 2 heterocycles. The summed E-state index contributed by atoms with van der Waals surface area (Å²) in [6, 6.07) is 17.6. The van der Waals surface area contributed by atoms with E-state index in [-0.39, 0.29) is 0 Å². The Balaban J connectivity index is 1.70. The summed E-state index contributed by atoms with van der Waals surface area (Å²) in [4.78, 5) is 18.5. The van der Waals surface area contributed by atoms with Crippen LogP contribution in [0.15, 0.2) is 65.9 Å². The number of anilines is 2. The van der Waals surface area contributed by atoms with Gasteiger partial charge in [0.15, 0.2) is 0 Å². The lowest BCUT2D eigenvalue weighted by Gasteiger charge is -2.06. The molecule has 2 aromatic carbocycles. The highest BCUT2D eigenvalue weighted by Gasteiger charge is 2.10. The van der Waals surface area contributed by atoms with Crippen molar-refractivity contribution in [3.63, 3.8) is 0 Å². The number of halogens is 1. The van der Waals surface area contributed by atoms with E-state index >= 15 is 0 Å². The Morgan fingerprint density at radius 1 is 1.07 bits per heavy atom. The van der Waals surface area contributed by atoms with Crippen molar-refractivity contribution in [2.45, 2.75) is 0 Å². The lowest BCUT2D eigenvalue weighted by molar-refractivity contribution is 0.643. The first-order valence-electron chi connectivity index (χ1n) is 8.76. The first-order valence-corrected chi connectivity index (χ1v) is 9.14. The van der Waals surface area contributed by atoms with E-state index in [4.69, 9.17) is 11.6 Å². The normalized spacial score (nSPS) is 11.2. The molecule has 0 aliphatic rings. The van der Waals surface area contributed by atoms with E-state index in [2.05, 4.69) is 25.3 Å². The number of fused-ring (bicyclic) bond motifs is 1. The highest BCUT2D eigenvalue weighted by atomic mass is 35.5. The lowest BCUT2D eigenvalue weighted by atomic mass is 10.1. The van der Waals surface area contributed by atoms with Gasteiger partial charge in [0.1, 0.15) is 17.8 Å². The van der Waals surface area contributed by atoms with Crippen LogP contribution < -0.4 is 5.32 Å². The van der Waals surface area contributed by atoms with Gasteiger partial charge in [0.2, 0.25) is 0 Å². The van der Waals surface area contributed by atoms with Crippen LogP contribution in [0.3, 0.4) is 0 Å². The van der Waals surface area contributed by atoms with Crippen LogP contribution >= 0.6 is 11.6 Å². The van der Waals surface area contributed by atoms with Gasteiger partial charge in [-0.1, -0.05) is 29.8 Å². The molecule has 0 atom stereocenters. The van der Waals surface area contributed by atoms with Crippen LogP contribution in [0.1, 0.15) is 0 Å². The van der Waals surface area contributed by atoms with Crippen LogP contribution in [0.25, 0.3) is 22.3 Å². The van der Waals surface area contributed by atoms with Crippen molar-refractivity contribution in [1.29, 1.82) is 0 Å². The van der Waals surface area contributed by atoms with Crippen molar-refractivity contribution >= 4 is 46.2 Å². The molecule has 4 aromatic rings. The van der Waals surface area contributed by atoms with E-state index in [9.17, 15) is 0 Å². The molecule has 6 nitrogen and oxygen atoms in total. The monoisotopic (exact) mass is 390 g/mol. The molecule has 0 fully saturated rings. The molecule has 0 unspecified atom stereocenters. The fraction of sp³-hybridized carbons (Fsp3) is 0.0952. The van der Waals surface area contributed by atoms with Gasteiger partial charge in [-0.05, 0) is 36.4 Å². The number of hydrogen-bond acceptors (Lipinski definition) is 4. The predicted molar refractivity (Wildman–Crippen MR) is 116 cm³/mol. The molecule has 2 aromatic heterocycles. The summed E-state index contributed by atoms with van der Waals surface area (Å²) < 4.78 is 0. The van der Waals surface area contributed by atoms with Gasteiger partial charge in [-0.2, -0.15) is 0 Å². The molecule has 0 amide bonds. The van der Waals surface area contributed by atoms with E-state index in [1.165, 1.54) is 6.33 Å². The van der Waals surface area contributed by atoms with Crippen LogP contribution in [0.5, 0.6) is 0 Å². The molecule has 0 aliphatic carbocycles. The van der Waals surface area contributed by atoms with Gasteiger partial charge >= 0.3 is 0 Å². The molecule has 0 aliphatic heterocycles. The maximum atomic E-state index is 6.08. The Hall–Kier alpha value is -3.38. The molecule has 0 bridgehead atoms. The van der Waals surface area contributed by atoms with Crippen molar-refractivity contribution < 1.29 is 0 Å². The Kier molecular flexibility index (Phi) is 4.95. The molecular weight excluding hydrogens is 372 g/mol. The summed E-state index contributed by atoms with van der Waals surface area (Å²) in [6.07, 6.45) is 3.32. The topological polar surface area (TPSA) is 69.2 Å². The standard InChI is InChI=1S/C21H19ClN6/c1-28(2)13-25-16-7-3-5-14(9-16)19-11-18-20(23-12-24-21(18)27-19)26-17-8-4-6-15(22)10-17/h3-13H,1-2H3,(H2,23,24,26,27)/b25-13+. The summed E-state index contributed by atoms with van der Waals surface area (Å²) in [5, 5.41) is 4.88. The maximum Gasteiger partial charge on any atom is 0.143 e. The summed E-state index contributed by atoms with van der Waals surface area (Å²) in [5.41, 5.74) is 4.49. The zero-order chi connectivity index (χ0) is 19.5. The third-order valence-electron chi connectivity index (χ3n) is 4.11. The van der Waals surface area contributed by atoms with Gasteiger partial charge in [0.05, 0.1) is 17.4 Å². The number of aromatic nitrogens is 3. The molecule has 0 radical (unpaired) electrons. The van der Waals surface area contributed by atoms with Crippen molar-refractivity contribution in [3.05, 3.63) is 65.9 Å². The van der Waals surface area contributed by atoms with Crippen LogP contribution in [-0.2, 0) is 0 Å².